The summed E-state index contributed by atoms with van der Waals surface area (Å²) < 4.78 is 2.02. The summed E-state index contributed by atoms with van der Waals surface area (Å²) in [7, 11) is 0. The number of nitrogens with zero attached hydrogens (tertiary/aromatic N) is 1. The van der Waals surface area contributed by atoms with Crippen LogP contribution in [0.4, 0.5) is 5.69 Å². The molecule has 0 spiro atoms. The zero-order valence-electron chi connectivity index (χ0n) is 7.05. The van der Waals surface area contributed by atoms with E-state index < -0.39 is 0 Å². The molecule has 0 amide bonds. The van der Waals surface area contributed by atoms with E-state index in [1.165, 1.54) is 0 Å². The maximum absolute atomic E-state index is 5.65. The van der Waals surface area contributed by atoms with Gasteiger partial charge in [0.25, 0.3) is 0 Å². The molecule has 0 aliphatic rings. The minimum absolute atomic E-state index is 0. The number of hydrogen-bond donors (Lipinski definition) is 1. The number of rotatable bonds is 1. The number of hydrogen-bond acceptors (Lipinski definition) is 1. The van der Waals surface area contributed by atoms with Crippen LogP contribution in [0.1, 0.15) is 0 Å². The predicted molar refractivity (Wildman–Crippen MR) is 57.4 cm³/mol. The van der Waals surface area contributed by atoms with Crippen LogP contribution in [0.2, 0.25) is 0 Å². The third kappa shape index (κ3) is 2.04. The third-order valence-corrected chi connectivity index (χ3v) is 1.77. The van der Waals surface area contributed by atoms with Gasteiger partial charge in [-0.2, -0.15) is 0 Å². The molecule has 3 heteroatoms. The molecule has 1 aromatic heterocycles. The molecule has 1 heterocycles. The van der Waals surface area contributed by atoms with Crippen LogP contribution in [-0.4, -0.2) is 4.57 Å². The van der Waals surface area contributed by atoms with Gasteiger partial charge in [0.05, 0.1) is 0 Å². The van der Waals surface area contributed by atoms with Gasteiger partial charge in [0.15, 0.2) is 0 Å². The molecule has 0 unspecified atom stereocenters. The number of aromatic nitrogens is 1. The van der Waals surface area contributed by atoms with Crippen LogP contribution in [0.5, 0.6) is 0 Å². The van der Waals surface area contributed by atoms with E-state index >= 15 is 0 Å². The van der Waals surface area contributed by atoms with E-state index in [0.29, 0.717) is 0 Å². The lowest BCUT2D eigenvalue weighted by Crippen LogP contribution is -1.91. The van der Waals surface area contributed by atoms with Crippen molar-refractivity contribution in [3.8, 4) is 5.69 Å². The van der Waals surface area contributed by atoms with E-state index in [9.17, 15) is 0 Å². The molecular formula is C10H11ClN2. The van der Waals surface area contributed by atoms with Crippen molar-refractivity contribution in [1.29, 1.82) is 0 Å². The number of nitrogens with two attached hydrogens (primary N) is 1. The lowest BCUT2D eigenvalue weighted by Gasteiger charge is -2.02. The molecule has 0 saturated heterocycles. The molecule has 13 heavy (non-hydrogen) atoms. The van der Waals surface area contributed by atoms with E-state index in [4.69, 9.17) is 5.73 Å². The quantitative estimate of drug-likeness (QED) is 0.695. The van der Waals surface area contributed by atoms with Crippen LogP contribution >= 0.6 is 12.4 Å². The lowest BCUT2D eigenvalue weighted by molar-refractivity contribution is 1.08. The fourth-order valence-electron chi connectivity index (χ4n) is 1.19. The first-order valence-electron chi connectivity index (χ1n) is 3.85. The van der Waals surface area contributed by atoms with Crippen molar-refractivity contribution in [3.63, 3.8) is 0 Å². The van der Waals surface area contributed by atoms with Crippen molar-refractivity contribution in [2.24, 2.45) is 0 Å². The predicted octanol–water partition coefficient (Wildman–Crippen LogP) is 2.48. The lowest BCUT2D eigenvalue weighted by atomic mass is 10.3. The highest BCUT2D eigenvalue weighted by Gasteiger charge is 1.92. The summed E-state index contributed by atoms with van der Waals surface area (Å²) in [6.07, 6.45) is 3.99. The Balaban J connectivity index is 0.000000845. The Morgan fingerprint density at radius 1 is 1.00 bits per heavy atom. The second-order valence-corrected chi connectivity index (χ2v) is 2.69. The first-order valence-corrected chi connectivity index (χ1v) is 3.85. The van der Waals surface area contributed by atoms with Crippen molar-refractivity contribution >= 4 is 18.1 Å². The van der Waals surface area contributed by atoms with E-state index in [-0.39, 0.29) is 12.4 Å². The summed E-state index contributed by atoms with van der Waals surface area (Å²) in [5.41, 5.74) is 7.54. The Morgan fingerprint density at radius 3 is 2.31 bits per heavy atom. The molecule has 0 saturated carbocycles. The average molecular weight is 195 g/mol. The Labute approximate surface area is 83.4 Å². The fourth-order valence-corrected chi connectivity index (χ4v) is 1.19. The van der Waals surface area contributed by atoms with Gasteiger partial charge in [0.1, 0.15) is 0 Å². The standard InChI is InChI=1S/C10H10N2.ClH/c11-9-4-3-5-10(8-9)12-6-1-2-7-12;/h1-8H,11H2;1H. The number of benzene rings is 1. The number of halogens is 1. The molecular weight excluding hydrogens is 184 g/mol. The number of nitrogen functional groups attached to an aromatic ring is 1. The Kier molecular flexibility index (Phi) is 2.98. The first-order chi connectivity index (χ1) is 5.86. The molecule has 0 bridgehead atoms. The van der Waals surface area contributed by atoms with E-state index in [0.717, 1.165) is 11.4 Å². The van der Waals surface area contributed by atoms with Gasteiger partial charge in [-0.25, -0.2) is 0 Å². The van der Waals surface area contributed by atoms with Crippen LogP contribution < -0.4 is 5.73 Å². The van der Waals surface area contributed by atoms with Crippen molar-refractivity contribution in [2.45, 2.75) is 0 Å². The van der Waals surface area contributed by atoms with Gasteiger partial charge in [0, 0.05) is 23.8 Å². The van der Waals surface area contributed by atoms with E-state index in [1.807, 2.05) is 53.4 Å². The molecule has 0 radical (unpaired) electrons. The first kappa shape index (κ1) is 9.68. The van der Waals surface area contributed by atoms with Crippen molar-refractivity contribution < 1.29 is 0 Å². The summed E-state index contributed by atoms with van der Waals surface area (Å²) in [6, 6.07) is 11.8. The van der Waals surface area contributed by atoms with Crippen LogP contribution in [0.25, 0.3) is 5.69 Å². The number of anilines is 1. The van der Waals surface area contributed by atoms with Gasteiger partial charge in [-0.3, -0.25) is 0 Å². The van der Waals surface area contributed by atoms with Gasteiger partial charge < -0.3 is 10.3 Å². The normalized spacial score (nSPS) is 9.23. The molecule has 2 aromatic rings. The second-order valence-electron chi connectivity index (χ2n) is 2.69. The zero-order chi connectivity index (χ0) is 8.39. The molecule has 0 fully saturated rings. The average Bonchev–Trinajstić information content (AvgIpc) is 2.56. The molecule has 2 rings (SSSR count). The Bertz CT molecular complexity index is 368. The van der Waals surface area contributed by atoms with Crippen molar-refractivity contribution in [2.75, 3.05) is 5.73 Å². The molecule has 2 N–H and O–H groups in total. The van der Waals surface area contributed by atoms with Gasteiger partial charge in [0.2, 0.25) is 0 Å². The molecule has 68 valence electrons. The topological polar surface area (TPSA) is 30.9 Å². The largest absolute Gasteiger partial charge is 0.399 e. The van der Waals surface area contributed by atoms with Crippen LogP contribution in [0, 0.1) is 0 Å². The van der Waals surface area contributed by atoms with Gasteiger partial charge in [-0.15, -0.1) is 12.4 Å². The maximum atomic E-state index is 5.65. The summed E-state index contributed by atoms with van der Waals surface area (Å²) >= 11 is 0. The summed E-state index contributed by atoms with van der Waals surface area (Å²) in [5, 5.41) is 0. The van der Waals surface area contributed by atoms with Crippen molar-refractivity contribution in [1.82, 2.24) is 4.57 Å². The molecule has 0 atom stereocenters. The monoisotopic (exact) mass is 194 g/mol. The molecule has 0 aliphatic carbocycles. The highest BCUT2D eigenvalue weighted by Crippen LogP contribution is 2.11. The summed E-state index contributed by atoms with van der Waals surface area (Å²) in [4.78, 5) is 0. The van der Waals surface area contributed by atoms with Gasteiger partial charge in [-0.1, -0.05) is 6.07 Å². The summed E-state index contributed by atoms with van der Waals surface area (Å²) in [6.45, 7) is 0. The minimum atomic E-state index is 0. The summed E-state index contributed by atoms with van der Waals surface area (Å²) in [5.74, 6) is 0. The van der Waals surface area contributed by atoms with E-state index in [2.05, 4.69) is 0 Å². The maximum Gasteiger partial charge on any atom is 0.0469 e. The molecule has 0 aliphatic heterocycles. The van der Waals surface area contributed by atoms with Crippen LogP contribution in [-0.2, 0) is 0 Å². The minimum Gasteiger partial charge on any atom is -0.399 e. The molecule has 2 nitrogen and oxygen atoms in total. The van der Waals surface area contributed by atoms with E-state index in [1.54, 1.807) is 0 Å². The van der Waals surface area contributed by atoms with Crippen molar-refractivity contribution in [3.05, 3.63) is 48.8 Å². The zero-order valence-corrected chi connectivity index (χ0v) is 7.87. The van der Waals surface area contributed by atoms with Gasteiger partial charge >= 0.3 is 0 Å². The molecule has 1 aromatic carbocycles. The van der Waals surface area contributed by atoms with Crippen LogP contribution in [0.15, 0.2) is 48.8 Å². The smallest absolute Gasteiger partial charge is 0.0469 e. The Hall–Kier alpha value is -1.41. The van der Waals surface area contributed by atoms with Crippen LogP contribution in [0.3, 0.4) is 0 Å². The SMILES string of the molecule is Cl.Nc1cccc(-n2cccc2)c1. The Morgan fingerprint density at radius 2 is 1.69 bits per heavy atom. The van der Waals surface area contributed by atoms with Gasteiger partial charge in [-0.05, 0) is 30.3 Å². The second kappa shape index (κ2) is 4.01. The fraction of sp³-hybridized carbons (Fsp3) is 0. The third-order valence-electron chi connectivity index (χ3n) is 1.77. The highest BCUT2D eigenvalue weighted by molar-refractivity contribution is 5.85. The highest BCUT2D eigenvalue weighted by atomic mass is 35.5.